The fourth-order valence-corrected chi connectivity index (χ4v) is 2.63. The van der Waals surface area contributed by atoms with Crippen LogP contribution < -0.4 is 9.64 Å². The van der Waals surface area contributed by atoms with Crippen molar-refractivity contribution < 1.29 is 4.74 Å². The first-order chi connectivity index (χ1) is 10.6. The summed E-state index contributed by atoms with van der Waals surface area (Å²) in [5, 5.41) is 0. The Morgan fingerprint density at radius 3 is 2.50 bits per heavy atom. The largest absolute Gasteiger partial charge is 0.497 e. The second-order valence-electron chi connectivity index (χ2n) is 5.19. The lowest BCUT2D eigenvalue weighted by atomic mass is 10.2. The van der Waals surface area contributed by atoms with Gasteiger partial charge in [0, 0.05) is 25.5 Å². The van der Waals surface area contributed by atoms with Gasteiger partial charge in [-0.15, -0.1) is 0 Å². The van der Waals surface area contributed by atoms with E-state index < -0.39 is 0 Å². The number of aryl methyl sites for hydroxylation is 2. The Kier molecular flexibility index (Phi) is 3.71. The molecule has 0 spiro atoms. The van der Waals surface area contributed by atoms with E-state index in [-0.39, 0.29) is 0 Å². The monoisotopic (exact) mass is 296 g/mol. The number of nitrogens with zero attached hydrogens (tertiary/aromatic N) is 4. The predicted octanol–water partition coefficient (Wildman–Crippen LogP) is 3.54. The topological polar surface area (TPSA) is 43.2 Å². The van der Waals surface area contributed by atoms with E-state index in [1.807, 2.05) is 44.3 Å². The number of anilines is 2. The van der Waals surface area contributed by atoms with E-state index in [9.17, 15) is 0 Å². The molecule has 22 heavy (non-hydrogen) atoms. The predicted molar refractivity (Wildman–Crippen MR) is 89.0 cm³/mol. The van der Waals surface area contributed by atoms with E-state index in [1.165, 1.54) is 0 Å². The molecule has 0 atom stereocenters. The maximum absolute atomic E-state index is 5.22. The fraction of sp³-hybridized carbons (Fsp3) is 0.294. The van der Waals surface area contributed by atoms with E-state index in [2.05, 4.69) is 32.6 Å². The summed E-state index contributed by atoms with van der Waals surface area (Å²) >= 11 is 0. The summed E-state index contributed by atoms with van der Waals surface area (Å²) in [4.78, 5) is 11.3. The van der Waals surface area contributed by atoms with Crippen molar-refractivity contribution >= 4 is 22.5 Å². The third-order valence-electron chi connectivity index (χ3n) is 3.82. The molecule has 0 radical (unpaired) electrons. The highest BCUT2D eigenvalue weighted by atomic mass is 16.5. The summed E-state index contributed by atoms with van der Waals surface area (Å²) in [5.74, 6) is 2.54. The zero-order valence-corrected chi connectivity index (χ0v) is 13.4. The summed E-state index contributed by atoms with van der Waals surface area (Å²) < 4.78 is 7.39. The van der Waals surface area contributed by atoms with Crippen LogP contribution in [0.15, 0.2) is 36.5 Å². The van der Waals surface area contributed by atoms with Gasteiger partial charge in [0.25, 0.3) is 0 Å². The number of rotatable bonds is 4. The second kappa shape index (κ2) is 5.67. The number of hydrogen-bond donors (Lipinski definition) is 0. The van der Waals surface area contributed by atoms with Crippen LogP contribution in [0.2, 0.25) is 0 Å². The first-order valence-electron chi connectivity index (χ1n) is 7.35. The molecule has 0 amide bonds. The van der Waals surface area contributed by atoms with Gasteiger partial charge in [0.15, 0.2) is 5.82 Å². The van der Waals surface area contributed by atoms with Crippen LogP contribution in [0.1, 0.15) is 12.7 Å². The maximum Gasteiger partial charge on any atom is 0.161 e. The van der Waals surface area contributed by atoms with Crippen molar-refractivity contribution in [3.63, 3.8) is 0 Å². The molecule has 2 heterocycles. The first-order valence-corrected chi connectivity index (χ1v) is 7.35. The zero-order chi connectivity index (χ0) is 15.7. The van der Waals surface area contributed by atoms with Crippen LogP contribution in [0.5, 0.6) is 5.75 Å². The van der Waals surface area contributed by atoms with Crippen molar-refractivity contribution in [3.8, 4) is 5.75 Å². The van der Waals surface area contributed by atoms with Gasteiger partial charge in [-0.05, 0) is 44.2 Å². The Balaban J connectivity index is 2.12. The van der Waals surface area contributed by atoms with E-state index >= 15 is 0 Å². The maximum atomic E-state index is 5.22. The third-order valence-corrected chi connectivity index (χ3v) is 3.82. The molecule has 0 saturated carbocycles. The summed E-state index contributed by atoms with van der Waals surface area (Å²) in [6.07, 6.45) is 2.06. The van der Waals surface area contributed by atoms with Crippen LogP contribution >= 0.6 is 0 Å². The van der Waals surface area contributed by atoms with Crippen LogP contribution in [0.3, 0.4) is 0 Å². The average Bonchev–Trinajstić information content (AvgIpc) is 2.96. The fourth-order valence-electron chi connectivity index (χ4n) is 2.63. The van der Waals surface area contributed by atoms with Crippen molar-refractivity contribution in [2.24, 2.45) is 0 Å². The van der Waals surface area contributed by atoms with Crippen molar-refractivity contribution in [1.82, 2.24) is 14.5 Å². The Labute approximate surface area is 130 Å². The summed E-state index contributed by atoms with van der Waals surface area (Å²) in [5.41, 5.74) is 3.10. The van der Waals surface area contributed by atoms with Gasteiger partial charge in [-0.1, -0.05) is 0 Å². The molecule has 3 aromatic rings. The summed E-state index contributed by atoms with van der Waals surface area (Å²) in [7, 11) is 3.69. The van der Waals surface area contributed by atoms with Gasteiger partial charge in [0.05, 0.1) is 12.6 Å². The Bertz CT molecular complexity index is 792. The van der Waals surface area contributed by atoms with E-state index in [0.717, 1.165) is 40.7 Å². The molecule has 5 nitrogen and oxygen atoms in total. The van der Waals surface area contributed by atoms with Crippen molar-refractivity contribution in [1.29, 1.82) is 0 Å². The van der Waals surface area contributed by atoms with Crippen molar-refractivity contribution in [2.75, 3.05) is 19.1 Å². The Morgan fingerprint density at radius 2 is 1.86 bits per heavy atom. The second-order valence-corrected chi connectivity index (χ2v) is 5.19. The van der Waals surface area contributed by atoms with Crippen LogP contribution in [0.25, 0.3) is 11.0 Å². The number of methoxy groups -OCH3 is 1. The van der Waals surface area contributed by atoms with Gasteiger partial charge in [-0.25, -0.2) is 9.97 Å². The molecule has 0 unspecified atom stereocenters. The van der Waals surface area contributed by atoms with E-state index in [1.54, 1.807) is 7.11 Å². The minimum Gasteiger partial charge on any atom is -0.497 e. The molecule has 1 aromatic carbocycles. The summed E-state index contributed by atoms with van der Waals surface area (Å²) in [6, 6.07) is 10.0. The molecule has 0 aliphatic carbocycles. The van der Waals surface area contributed by atoms with E-state index in [4.69, 9.17) is 4.74 Å². The molecule has 3 rings (SSSR count). The van der Waals surface area contributed by atoms with Gasteiger partial charge >= 0.3 is 0 Å². The highest BCUT2D eigenvalue weighted by Gasteiger charge is 2.15. The van der Waals surface area contributed by atoms with Gasteiger partial charge in [-0.3, -0.25) is 0 Å². The number of hydrogen-bond acceptors (Lipinski definition) is 4. The lowest BCUT2D eigenvalue weighted by Gasteiger charge is -2.20. The highest BCUT2D eigenvalue weighted by molar-refractivity contribution is 5.89. The van der Waals surface area contributed by atoms with Crippen LogP contribution in [-0.2, 0) is 6.54 Å². The van der Waals surface area contributed by atoms with Crippen molar-refractivity contribution in [2.45, 2.75) is 20.4 Å². The molecule has 5 heteroatoms. The smallest absolute Gasteiger partial charge is 0.161 e. The van der Waals surface area contributed by atoms with E-state index in [0.29, 0.717) is 0 Å². The molecule has 0 aliphatic rings. The molecule has 0 N–H and O–H groups in total. The highest BCUT2D eigenvalue weighted by Crippen LogP contribution is 2.30. The molecule has 114 valence electrons. The molecule has 2 aromatic heterocycles. The van der Waals surface area contributed by atoms with Gasteiger partial charge in [0.2, 0.25) is 0 Å². The molecular formula is C17H20N4O. The molecule has 0 bridgehead atoms. The molecule has 0 saturated heterocycles. The number of aromatic nitrogens is 3. The lowest BCUT2D eigenvalue weighted by Crippen LogP contribution is -2.14. The quantitative estimate of drug-likeness (QED) is 0.738. The van der Waals surface area contributed by atoms with Gasteiger partial charge < -0.3 is 14.2 Å². The number of fused-ring (bicyclic) bond motifs is 1. The Hall–Kier alpha value is -2.56. The van der Waals surface area contributed by atoms with Gasteiger partial charge in [0.1, 0.15) is 17.1 Å². The lowest BCUT2D eigenvalue weighted by molar-refractivity contribution is 0.415. The van der Waals surface area contributed by atoms with Crippen LogP contribution in [-0.4, -0.2) is 28.7 Å². The van der Waals surface area contributed by atoms with Gasteiger partial charge in [-0.2, -0.15) is 0 Å². The third kappa shape index (κ3) is 2.39. The Morgan fingerprint density at radius 1 is 1.14 bits per heavy atom. The number of ether oxygens (including phenoxy) is 1. The van der Waals surface area contributed by atoms with Crippen LogP contribution in [0.4, 0.5) is 11.5 Å². The SMILES string of the molecule is CCn1ccc2nc(C)nc(N(C)c3ccc(OC)cc3)c21. The molecular weight excluding hydrogens is 276 g/mol. The minimum atomic E-state index is 0.775. The summed E-state index contributed by atoms with van der Waals surface area (Å²) in [6.45, 7) is 4.93. The molecule has 0 fully saturated rings. The standard InChI is InChI=1S/C17H20N4O/c1-5-21-11-10-15-16(21)17(19-12(2)18-15)20(3)13-6-8-14(22-4)9-7-13/h6-11H,5H2,1-4H3. The average molecular weight is 296 g/mol. The zero-order valence-electron chi connectivity index (χ0n) is 13.4. The minimum absolute atomic E-state index is 0.775. The first kappa shape index (κ1) is 14.4. The van der Waals surface area contributed by atoms with Crippen LogP contribution in [0, 0.1) is 6.92 Å². The molecule has 0 aliphatic heterocycles. The van der Waals surface area contributed by atoms with Crippen molar-refractivity contribution in [3.05, 3.63) is 42.4 Å². The normalized spacial score (nSPS) is 10.9. The number of benzene rings is 1.